The van der Waals surface area contributed by atoms with Gasteiger partial charge in [-0.15, -0.1) is 11.8 Å². The predicted octanol–water partition coefficient (Wildman–Crippen LogP) is 6.02. The molecule has 0 spiro atoms. The lowest BCUT2D eigenvalue weighted by Gasteiger charge is -2.12. The molecule has 0 nitrogen and oxygen atoms in total. The first kappa shape index (κ1) is 13.5. The fourth-order valence-electron chi connectivity index (χ4n) is 2.37. The Morgan fingerprint density at radius 1 is 1.00 bits per heavy atom. The van der Waals surface area contributed by atoms with Crippen molar-refractivity contribution in [3.63, 3.8) is 0 Å². The summed E-state index contributed by atoms with van der Waals surface area (Å²) in [5.74, 6) is -0.255. The van der Waals surface area contributed by atoms with Crippen molar-refractivity contribution in [3.8, 4) is 11.1 Å². The van der Waals surface area contributed by atoms with E-state index < -0.39 is 0 Å². The molecule has 3 aromatic rings. The first-order valence-corrected chi connectivity index (χ1v) is 7.83. The number of rotatable bonds is 2. The van der Waals surface area contributed by atoms with Crippen LogP contribution in [0.4, 0.5) is 4.39 Å². The Kier molecular flexibility index (Phi) is 3.68. The van der Waals surface area contributed by atoms with Crippen LogP contribution in [0.5, 0.6) is 0 Å². The fourth-order valence-corrected chi connectivity index (χ4v) is 3.28. The molecule has 0 radical (unpaired) electrons. The maximum absolute atomic E-state index is 14.8. The summed E-state index contributed by atoms with van der Waals surface area (Å²) < 4.78 is 14.8. The molecule has 100 valence electrons. The van der Waals surface area contributed by atoms with Crippen molar-refractivity contribution in [1.82, 2.24) is 0 Å². The molecule has 0 N–H and O–H groups in total. The Balaban J connectivity index is 2.36. The summed E-state index contributed by atoms with van der Waals surface area (Å²) in [5, 5.41) is 1.87. The fraction of sp³-hybridized carbons (Fsp3) is 0.0588. The van der Waals surface area contributed by atoms with E-state index in [0.717, 1.165) is 15.8 Å². The summed E-state index contributed by atoms with van der Waals surface area (Å²) in [5.41, 5.74) is 1.32. The molecule has 0 saturated carbocycles. The third kappa shape index (κ3) is 2.19. The third-order valence-electron chi connectivity index (χ3n) is 3.31. The number of fused-ring (bicyclic) bond motifs is 1. The zero-order valence-electron chi connectivity index (χ0n) is 10.9. The highest BCUT2D eigenvalue weighted by molar-refractivity contribution is 7.98. The number of hydrogen-bond donors (Lipinski definition) is 0. The van der Waals surface area contributed by atoms with Crippen molar-refractivity contribution in [1.29, 1.82) is 0 Å². The van der Waals surface area contributed by atoms with Crippen LogP contribution in [0.15, 0.2) is 59.5 Å². The maximum Gasteiger partial charge on any atom is 0.140 e. The molecule has 0 aliphatic carbocycles. The summed E-state index contributed by atoms with van der Waals surface area (Å²) in [6.45, 7) is 0. The van der Waals surface area contributed by atoms with Gasteiger partial charge in [-0.1, -0.05) is 54.1 Å². The van der Waals surface area contributed by atoms with E-state index in [-0.39, 0.29) is 5.82 Å². The summed E-state index contributed by atoms with van der Waals surface area (Å²) in [6, 6.07) is 16.9. The van der Waals surface area contributed by atoms with Crippen molar-refractivity contribution >= 4 is 34.1 Å². The van der Waals surface area contributed by atoms with Gasteiger partial charge in [0.05, 0.1) is 5.02 Å². The lowest BCUT2D eigenvalue weighted by Crippen LogP contribution is -1.90. The van der Waals surface area contributed by atoms with Crippen LogP contribution in [0, 0.1) is 5.82 Å². The van der Waals surface area contributed by atoms with Gasteiger partial charge in [-0.2, -0.15) is 0 Å². The highest BCUT2D eigenvalue weighted by Gasteiger charge is 2.16. The summed E-state index contributed by atoms with van der Waals surface area (Å²) in [4.78, 5) is 1.02. The molecule has 0 saturated heterocycles. The molecular weight excluding hydrogens is 291 g/mol. The molecular formula is C17H12ClFS. The Morgan fingerprint density at radius 3 is 2.50 bits per heavy atom. The first-order chi connectivity index (χ1) is 9.72. The van der Waals surface area contributed by atoms with Crippen LogP contribution in [-0.4, -0.2) is 6.26 Å². The van der Waals surface area contributed by atoms with Crippen molar-refractivity contribution in [3.05, 3.63) is 65.4 Å². The van der Waals surface area contributed by atoms with Crippen LogP contribution in [0.3, 0.4) is 0 Å². The van der Waals surface area contributed by atoms with Crippen LogP contribution < -0.4 is 0 Å². The lowest BCUT2D eigenvalue weighted by molar-refractivity contribution is 0.643. The van der Waals surface area contributed by atoms with Gasteiger partial charge in [-0.3, -0.25) is 0 Å². The minimum Gasteiger partial charge on any atom is -0.206 e. The summed E-state index contributed by atoms with van der Waals surface area (Å²) in [6.07, 6.45) is 1.98. The van der Waals surface area contributed by atoms with Crippen molar-refractivity contribution in [2.45, 2.75) is 4.90 Å². The molecule has 20 heavy (non-hydrogen) atoms. The third-order valence-corrected chi connectivity index (χ3v) is 4.41. The molecule has 0 fully saturated rings. The standard InChI is InChI=1S/C17H12ClFS/c1-20-15-9-5-4-8-13(15)16-14(18)10-11-6-2-3-7-12(11)17(16)19/h2-10H,1H3. The van der Waals surface area contributed by atoms with Crippen LogP contribution in [0.25, 0.3) is 21.9 Å². The SMILES string of the molecule is CSc1ccccc1-c1c(Cl)cc2ccccc2c1F. The van der Waals surface area contributed by atoms with Gasteiger partial charge >= 0.3 is 0 Å². The van der Waals surface area contributed by atoms with Crippen LogP contribution in [0.1, 0.15) is 0 Å². The second kappa shape index (κ2) is 5.47. The largest absolute Gasteiger partial charge is 0.206 e. The van der Waals surface area contributed by atoms with Crippen LogP contribution in [-0.2, 0) is 0 Å². The van der Waals surface area contributed by atoms with Gasteiger partial charge in [0.2, 0.25) is 0 Å². The van der Waals surface area contributed by atoms with Crippen LogP contribution >= 0.6 is 23.4 Å². The normalized spacial score (nSPS) is 10.9. The second-order valence-electron chi connectivity index (χ2n) is 4.47. The first-order valence-electron chi connectivity index (χ1n) is 6.22. The van der Waals surface area contributed by atoms with E-state index in [1.54, 1.807) is 17.8 Å². The highest BCUT2D eigenvalue weighted by atomic mass is 35.5. The van der Waals surface area contributed by atoms with E-state index in [9.17, 15) is 4.39 Å². The van der Waals surface area contributed by atoms with Crippen molar-refractivity contribution in [2.24, 2.45) is 0 Å². The van der Waals surface area contributed by atoms with Gasteiger partial charge in [0.25, 0.3) is 0 Å². The molecule has 0 atom stereocenters. The number of halogens is 2. The quantitative estimate of drug-likeness (QED) is 0.521. The Bertz CT molecular complexity index is 783. The van der Waals surface area contributed by atoms with Gasteiger partial charge < -0.3 is 0 Å². The Hall–Kier alpha value is -1.51. The van der Waals surface area contributed by atoms with E-state index in [2.05, 4.69) is 0 Å². The maximum atomic E-state index is 14.8. The molecule has 3 rings (SSSR count). The molecule has 0 unspecified atom stereocenters. The summed E-state index contributed by atoms with van der Waals surface area (Å²) >= 11 is 7.91. The van der Waals surface area contributed by atoms with Crippen molar-refractivity contribution in [2.75, 3.05) is 6.26 Å². The van der Waals surface area contributed by atoms with Crippen LogP contribution in [0.2, 0.25) is 5.02 Å². The number of benzene rings is 3. The van der Waals surface area contributed by atoms with E-state index in [4.69, 9.17) is 11.6 Å². The molecule has 0 amide bonds. The van der Waals surface area contributed by atoms with Gasteiger partial charge in [0, 0.05) is 15.8 Å². The highest BCUT2D eigenvalue weighted by Crippen LogP contribution is 2.39. The van der Waals surface area contributed by atoms with Gasteiger partial charge in [-0.25, -0.2) is 4.39 Å². The average molecular weight is 303 g/mol. The van der Waals surface area contributed by atoms with Gasteiger partial charge in [0.1, 0.15) is 5.82 Å². The molecule has 0 aliphatic heterocycles. The van der Waals surface area contributed by atoms with Crippen molar-refractivity contribution < 1.29 is 4.39 Å². The Labute approximate surface area is 126 Å². The minimum atomic E-state index is -0.255. The number of thioether (sulfide) groups is 1. The van der Waals surface area contributed by atoms with E-state index >= 15 is 0 Å². The molecule has 0 heterocycles. The topological polar surface area (TPSA) is 0 Å². The molecule has 0 aromatic heterocycles. The smallest absolute Gasteiger partial charge is 0.140 e. The van der Waals surface area contributed by atoms with Gasteiger partial charge in [-0.05, 0) is 29.3 Å². The molecule has 0 aliphatic rings. The molecule has 3 aromatic carbocycles. The van der Waals surface area contributed by atoms with Gasteiger partial charge in [0.15, 0.2) is 0 Å². The summed E-state index contributed by atoms with van der Waals surface area (Å²) in [7, 11) is 0. The van der Waals surface area contributed by atoms with E-state index in [1.165, 1.54) is 0 Å². The number of hydrogen-bond acceptors (Lipinski definition) is 1. The molecule has 3 heteroatoms. The zero-order valence-corrected chi connectivity index (χ0v) is 12.4. The second-order valence-corrected chi connectivity index (χ2v) is 5.72. The minimum absolute atomic E-state index is 0.255. The average Bonchev–Trinajstić information content (AvgIpc) is 2.48. The van der Waals surface area contributed by atoms with E-state index in [1.807, 2.05) is 54.8 Å². The van der Waals surface area contributed by atoms with E-state index in [0.29, 0.717) is 16.0 Å². The lowest BCUT2D eigenvalue weighted by atomic mass is 10.00. The molecule has 0 bridgehead atoms. The zero-order chi connectivity index (χ0) is 14.1. The predicted molar refractivity (Wildman–Crippen MR) is 86.1 cm³/mol. The monoisotopic (exact) mass is 302 g/mol. The Morgan fingerprint density at radius 2 is 1.70 bits per heavy atom.